The van der Waals surface area contributed by atoms with Crippen LogP contribution < -0.4 is 10.2 Å². The summed E-state index contributed by atoms with van der Waals surface area (Å²) in [5.41, 5.74) is 1.12. The Labute approximate surface area is 118 Å². The van der Waals surface area contributed by atoms with Crippen LogP contribution in [0.15, 0.2) is 18.2 Å². The lowest BCUT2D eigenvalue weighted by molar-refractivity contribution is 0.515. The minimum atomic E-state index is 0.704. The van der Waals surface area contributed by atoms with Crippen molar-refractivity contribution in [3.8, 4) is 0 Å². The summed E-state index contributed by atoms with van der Waals surface area (Å²) in [6, 6.07) is 6.58. The fraction of sp³-hybridized carbons (Fsp3) is 0.571. The topological polar surface area (TPSA) is 15.3 Å². The second-order valence-electron chi connectivity index (χ2n) is 5.38. The van der Waals surface area contributed by atoms with Gasteiger partial charge in [-0.3, -0.25) is 0 Å². The number of halogens is 2. The summed E-state index contributed by atoms with van der Waals surface area (Å²) in [5.74, 6) is 0.748. The molecule has 4 heteroatoms. The highest BCUT2D eigenvalue weighted by molar-refractivity contribution is 6.36. The third kappa shape index (κ3) is 2.93. The maximum Gasteiger partial charge on any atom is 0.0654 e. The van der Waals surface area contributed by atoms with E-state index in [2.05, 4.69) is 10.2 Å². The first-order chi connectivity index (χ1) is 8.72. The van der Waals surface area contributed by atoms with E-state index < -0.39 is 0 Å². The van der Waals surface area contributed by atoms with Crippen LogP contribution in [0.2, 0.25) is 10.0 Å². The van der Waals surface area contributed by atoms with Gasteiger partial charge in [-0.1, -0.05) is 23.2 Å². The molecule has 0 radical (unpaired) electrons. The maximum absolute atomic E-state index is 6.25. The minimum absolute atomic E-state index is 0.704. The Morgan fingerprint density at radius 3 is 2.78 bits per heavy atom. The van der Waals surface area contributed by atoms with Crippen molar-refractivity contribution in [2.75, 3.05) is 24.5 Å². The normalized spacial score (nSPS) is 23.7. The van der Waals surface area contributed by atoms with E-state index in [1.165, 1.54) is 19.3 Å². The average molecular weight is 285 g/mol. The van der Waals surface area contributed by atoms with Crippen LogP contribution in [-0.4, -0.2) is 25.7 Å². The lowest BCUT2D eigenvalue weighted by Crippen LogP contribution is -2.27. The SMILES string of the molecule is Clc1ccc(N2CCC(CNC3CC3)C2)c(Cl)c1. The third-order valence-corrected chi connectivity index (χ3v) is 4.35. The molecule has 1 N–H and O–H groups in total. The molecule has 1 unspecified atom stereocenters. The molecule has 0 aromatic heterocycles. The van der Waals surface area contributed by atoms with Crippen LogP contribution in [0.25, 0.3) is 0 Å². The number of anilines is 1. The summed E-state index contributed by atoms with van der Waals surface area (Å²) in [7, 11) is 0. The van der Waals surface area contributed by atoms with Gasteiger partial charge in [0, 0.05) is 24.2 Å². The molecule has 1 aliphatic carbocycles. The second kappa shape index (κ2) is 5.28. The summed E-state index contributed by atoms with van der Waals surface area (Å²) in [5, 5.41) is 5.08. The molecular formula is C14H18Cl2N2. The van der Waals surface area contributed by atoms with Crippen molar-refractivity contribution in [3.05, 3.63) is 28.2 Å². The van der Waals surface area contributed by atoms with Crippen LogP contribution in [0.5, 0.6) is 0 Å². The Bertz CT molecular complexity index is 432. The predicted octanol–water partition coefficient (Wildman–Crippen LogP) is 3.57. The Hall–Kier alpha value is -0.440. The third-order valence-electron chi connectivity index (χ3n) is 3.81. The van der Waals surface area contributed by atoms with E-state index >= 15 is 0 Å². The minimum Gasteiger partial charge on any atom is -0.370 e. The van der Waals surface area contributed by atoms with Gasteiger partial charge in [0.15, 0.2) is 0 Å². The van der Waals surface area contributed by atoms with Gasteiger partial charge in [0.1, 0.15) is 0 Å². The van der Waals surface area contributed by atoms with Crippen LogP contribution in [0.4, 0.5) is 5.69 Å². The van der Waals surface area contributed by atoms with Crippen molar-refractivity contribution in [1.82, 2.24) is 5.32 Å². The number of hydrogen-bond acceptors (Lipinski definition) is 2. The summed E-state index contributed by atoms with van der Waals surface area (Å²) in [6.45, 7) is 3.34. The largest absolute Gasteiger partial charge is 0.370 e. The van der Waals surface area contributed by atoms with E-state index in [4.69, 9.17) is 23.2 Å². The van der Waals surface area contributed by atoms with Gasteiger partial charge in [-0.15, -0.1) is 0 Å². The van der Waals surface area contributed by atoms with Crippen LogP contribution in [0, 0.1) is 5.92 Å². The number of rotatable bonds is 4. The molecule has 1 saturated carbocycles. The fourth-order valence-corrected chi connectivity index (χ4v) is 3.10. The van der Waals surface area contributed by atoms with Gasteiger partial charge >= 0.3 is 0 Å². The van der Waals surface area contributed by atoms with E-state index in [1.807, 2.05) is 18.2 Å². The van der Waals surface area contributed by atoms with E-state index in [9.17, 15) is 0 Å². The molecule has 98 valence electrons. The molecule has 0 bridgehead atoms. The molecule has 18 heavy (non-hydrogen) atoms. The van der Waals surface area contributed by atoms with Gasteiger partial charge in [-0.25, -0.2) is 0 Å². The fourth-order valence-electron chi connectivity index (χ4n) is 2.58. The summed E-state index contributed by atoms with van der Waals surface area (Å²) in [6.07, 6.45) is 3.97. The van der Waals surface area contributed by atoms with Gasteiger partial charge in [-0.05, 0) is 49.9 Å². The smallest absolute Gasteiger partial charge is 0.0654 e. The monoisotopic (exact) mass is 284 g/mol. The highest BCUT2D eigenvalue weighted by atomic mass is 35.5. The van der Waals surface area contributed by atoms with Crippen LogP contribution in [-0.2, 0) is 0 Å². The van der Waals surface area contributed by atoms with Gasteiger partial charge in [0.2, 0.25) is 0 Å². The Morgan fingerprint density at radius 1 is 1.22 bits per heavy atom. The Morgan fingerprint density at radius 2 is 2.06 bits per heavy atom. The van der Waals surface area contributed by atoms with Crippen LogP contribution in [0.3, 0.4) is 0 Å². The second-order valence-corrected chi connectivity index (χ2v) is 6.22. The summed E-state index contributed by atoms with van der Waals surface area (Å²) >= 11 is 12.2. The van der Waals surface area contributed by atoms with E-state index in [1.54, 1.807) is 0 Å². The quantitative estimate of drug-likeness (QED) is 0.909. The standard InChI is InChI=1S/C14H18Cl2N2/c15-11-1-4-14(13(16)7-11)18-6-5-10(9-18)8-17-12-2-3-12/h1,4,7,10,12,17H,2-3,5-6,8-9H2. The molecule has 2 aliphatic rings. The molecule has 2 nitrogen and oxygen atoms in total. The zero-order valence-corrected chi connectivity index (χ0v) is 11.8. The lowest BCUT2D eigenvalue weighted by Gasteiger charge is -2.20. The van der Waals surface area contributed by atoms with E-state index in [0.29, 0.717) is 5.02 Å². The zero-order chi connectivity index (χ0) is 12.5. The molecule has 1 aliphatic heterocycles. The molecule has 1 atom stereocenters. The Kier molecular flexibility index (Phi) is 3.69. The van der Waals surface area contributed by atoms with Crippen molar-refractivity contribution in [3.63, 3.8) is 0 Å². The highest BCUT2D eigenvalue weighted by Crippen LogP contribution is 2.32. The zero-order valence-electron chi connectivity index (χ0n) is 10.3. The first kappa shape index (κ1) is 12.6. The number of nitrogens with zero attached hydrogens (tertiary/aromatic N) is 1. The Balaban J connectivity index is 1.59. The molecule has 1 heterocycles. The van der Waals surface area contributed by atoms with E-state index in [-0.39, 0.29) is 0 Å². The van der Waals surface area contributed by atoms with Gasteiger partial charge < -0.3 is 10.2 Å². The molecule has 2 fully saturated rings. The molecule has 1 aromatic carbocycles. The molecule has 0 spiro atoms. The van der Waals surface area contributed by atoms with Crippen molar-refractivity contribution in [2.45, 2.75) is 25.3 Å². The highest BCUT2D eigenvalue weighted by Gasteiger charge is 2.27. The molecule has 3 rings (SSSR count). The van der Waals surface area contributed by atoms with Gasteiger partial charge in [0.05, 0.1) is 10.7 Å². The van der Waals surface area contributed by atoms with E-state index in [0.717, 1.165) is 42.3 Å². The number of benzene rings is 1. The molecule has 1 saturated heterocycles. The summed E-state index contributed by atoms with van der Waals surface area (Å²) < 4.78 is 0. The predicted molar refractivity (Wildman–Crippen MR) is 77.8 cm³/mol. The average Bonchev–Trinajstić information content (AvgIpc) is 3.05. The lowest BCUT2D eigenvalue weighted by atomic mass is 10.1. The number of nitrogens with one attached hydrogen (secondary N) is 1. The van der Waals surface area contributed by atoms with Crippen molar-refractivity contribution in [2.24, 2.45) is 5.92 Å². The van der Waals surface area contributed by atoms with Gasteiger partial charge in [-0.2, -0.15) is 0 Å². The first-order valence-corrected chi connectivity index (χ1v) is 7.41. The van der Waals surface area contributed by atoms with Crippen molar-refractivity contribution >= 4 is 28.9 Å². The van der Waals surface area contributed by atoms with Crippen molar-refractivity contribution in [1.29, 1.82) is 0 Å². The van der Waals surface area contributed by atoms with Crippen LogP contribution in [0.1, 0.15) is 19.3 Å². The van der Waals surface area contributed by atoms with Crippen LogP contribution >= 0.6 is 23.2 Å². The molecular weight excluding hydrogens is 267 g/mol. The first-order valence-electron chi connectivity index (χ1n) is 6.66. The molecule has 0 amide bonds. The number of hydrogen-bond donors (Lipinski definition) is 1. The molecule has 1 aromatic rings. The van der Waals surface area contributed by atoms with Gasteiger partial charge in [0.25, 0.3) is 0 Å². The van der Waals surface area contributed by atoms with Crippen molar-refractivity contribution < 1.29 is 0 Å². The maximum atomic E-state index is 6.25. The summed E-state index contributed by atoms with van der Waals surface area (Å²) in [4.78, 5) is 2.37.